The Kier molecular flexibility index (Phi) is 5.80. The maximum atomic E-state index is 11.0. The molecule has 0 aromatic heterocycles. The van der Waals surface area contributed by atoms with Gasteiger partial charge in [-0.2, -0.15) is 5.26 Å². The van der Waals surface area contributed by atoms with Crippen molar-refractivity contribution in [3.05, 3.63) is 0 Å². The average Bonchev–Trinajstić information content (AvgIpc) is 2.11. The van der Waals surface area contributed by atoms with Crippen molar-refractivity contribution in [1.29, 1.82) is 5.26 Å². The molecule has 0 atom stereocenters. The van der Waals surface area contributed by atoms with E-state index < -0.39 is 6.09 Å². The van der Waals surface area contributed by atoms with Crippen molar-refractivity contribution in [2.45, 2.75) is 19.8 Å². The normalized spacial score (nSPS) is 8.75. The van der Waals surface area contributed by atoms with Gasteiger partial charge in [0, 0.05) is 6.54 Å². The molecule has 1 amide bonds. The van der Waals surface area contributed by atoms with Gasteiger partial charge in [0.2, 0.25) is 0 Å². The van der Waals surface area contributed by atoms with Gasteiger partial charge in [-0.05, 0) is 6.42 Å². The lowest BCUT2D eigenvalue weighted by Gasteiger charge is -2.16. The molecule has 0 rings (SSSR count). The maximum Gasteiger partial charge on any atom is 0.410 e. The van der Waals surface area contributed by atoms with Crippen LogP contribution < -0.4 is 0 Å². The van der Waals surface area contributed by atoms with Crippen LogP contribution in [0.4, 0.5) is 4.79 Å². The van der Waals surface area contributed by atoms with E-state index in [-0.39, 0.29) is 6.54 Å². The van der Waals surface area contributed by atoms with Crippen LogP contribution in [0.1, 0.15) is 19.8 Å². The van der Waals surface area contributed by atoms with E-state index in [9.17, 15) is 4.79 Å². The number of unbranched alkanes of at least 4 members (excludes halogenated alkanes) is 1. The quantitative estimate of drug-likeness (QED) is 0.599. The summed E-state index contributed by atoms with van der Waals surface area (Å²) in [5.41, 5.74) is 0. The van der Waals surface area contributed by atoms with E-state index in [0.29, 0.717) is 6.54 Å². The molecule has 0 fully saturated rings. The molecule has 0 N–H and O–H groups in total. The lowest BCUT2D eigenvalue weighted by molar-refractivity contribution is 0.128. The molecular formula is C8H14N2O2. The summed E-state index contributed by atoms with van der Waals surface area (Å²) < 4.78 is 4.50. The summed E-state index contributed by atoms with van der Waals surface area (Å²) in [5, 5.41) is 8.38. The van der Waals surface area contributed by atoms with Crippen LogP contribution in [0.5, 0.6) is 0 Å². The van der Waals surface area contributed by atoms with Crippen molar-refractivity contribution in [2.24, 2.45) is 0 Å². The summed E-state index contributed by atoms with van der Waals surface area (Å²) in [6.45, 7) is 2.73. The summed E-state index contributed by atoms with van der Waals surface area (Å²) >= 11 is 0. The zero-order chi connectivity index (χ0) is 9.40. The topological polar surface area (TPSA) is 53.3 Å². The van der Waals surface area contributed by atoms with E-state index in [1.54, 1.807) is 0 Å². The number of amides is 1. The first-order valence-corrected chi connectivity index (χ1v) is 3.96. The predicted octanol–water partition coefficient (Wildman–Crippen LogP) is 1.38. The third kappa shape index (κ3) is 3.81. The van der Waals surface area contributed by atoms with Crippen molar-refractivity contribution < 1.29 is 9.53 Å². The Morgan fingerprint density at radius 2 is 2.33 bits per heavy atom. The number of hydrogen-bond donors (Lipinski definition) is 0. The van der Waals surface area contributed by atoms with Gasteiger partial charge in [-0.15, -0.1) is 0 Å². The molecule has 12 heavy (non-hydrogen) atoms. The SMILES string of the molecule is CCCCN(CC#N)C(=O)OC. The average molecular weight is 170 g/mol. The third-order valence-corrected chi connectivity index (χ3v) is 1.48. The highest BCUT2D eigenvalue weighted by Gasteiger charge is 2.11. The second-order valence-corrected chi connectivity index (χ2v) is 2.40. The van der Waals surface area contributed by atoms with Gasteiger partial charge in [0.05, 0.1) is 13.2 Å². The van der Waals surface area contributed by atoms with Gasteiger partial charge in [-0.25, -0.2) is 4.79 Å². The minimum absolute atomic E-state index is 0.104. The van der Waals surface area contributed by atoms with Crippen LogP contribution in [0.3, 0.4) is 0 Å². The molecule has 4 nitrogen and oxygen atoms in total. The van der Waals surface area contributed by atoms with Crippen molar-refractivity contribution in [1.82, 2.24) is 4.90 Å². The van der Waals surface area contributed by atoms with Crippen molar-refractivity contribution in [2.75, 3.05) is 20.2 Å². The van der Waals surface area contributed by atoms with E-state index in [1.807, 2.05) is 13.0 Å². The molecule has 68 valence electrons. The van der Waals surface area contributed by atoms with Crippen LogP contribution >= 0.6 is 0 Å². The molecule has 0 aromatic carbocycles. The Bertz CT molecular complexity index is 174. The van der Waals surface area contributed by atoms with E-state index in [2.05, 4.69) is 4.74 Å². The lowest BCUT2D eigenvalue weighted by atomic mass is 10.3. The molecule has 0 heterocycles. The number of carbonyl (C=O) groups is 1. The fourth-order valence-electron chi connectivity index (χ4n) is 0.798. The van der Waals surface area contributed by atoms with E-state index in [0.717, 1.165) is 12.8 Å². The van der Waals surface area contributed by atoms with Crippen LogP contribution in [0.15, 0.2) is 0 Å². The molecular weight excluding hydrogens is 156 g/mol. The summed E-state index contributed by atoms with van der Waals surface area (Å²) in [7, 11) is 1.32. The van der Waals surface area contributed by atoms with Gasteiger partial charge in [-0.1, -0.05) is 13.3 Å². The molecule has 0 aliphatic heterocycles. The molecule has 0 aliphatic rings. The van der Waals surface area contributed by atoms with E-state index >= 15 is 0 Å². The number of nitrogens with zero attached hydrogens (tertiary/aromatic N) is 2. The minimum Gasteiger partial charge on any atom is -0.453 e. The van der Waals surface area contributed by atoms with Crippen LogP contribution in [0.25, 0.3) is 0 Å². The van der Waals surface area contributed by atoms with E-state index in [1.165, 1.54) is 12.0 Å². The number of hydrogen-bond acceptors (Lipinski definition) is 3. The molecule has 0 bridgehead atoms. The Morgan fingerprint density at radius 1 is 1.67 bits per heavy atom. The maximum absolute atomic E-state index is 11.0. The number of methoxy groups -OCH3 is 1. The second kappa shape index (κ2) is 6.47. The summed E-state index contributed by atoms with van der Waals surface area (Å²) in [6.07, 6.45) is 1.47. The largest absolute Gasteiger partial charge is 0.453 e. The third-order valence-electron chi connectivity index (χ3n) is 1.48. The standard InChI is InChI=1S/C8H14N2O2/c1-3-4-6-10(7-5-9)8(11)12-2/h3-4,6-7H2,1-2H3. The zero-order valence-electron chi connectivity index (χ0n) is 7.54. The van der Waals surface area contributed by atoms with E-state index in [4.69, 9.17) is 5.26 Å². The Hall–Kier alpha value is -1.24. The Morgan fingerprint density at radius 3 is 2.75 bits per heavy atom. The first-order chi connectivity index (χ1) is 5.76. The number of rotatable bonds is 4. The van der Waals surface area contributed by atoms with Gasteiger partial charge in [0.15, 0.2) is 0 Å². The summed E-state index contributed by atoms with van der Waals surface area (Å²) in [5.74, 6) is 0. The molecule has 0 spiro atoms. The fourth-order valence-corrected chi connectivity index (χ4v) is 0.798. The Balaban J connectivity index is 3.87. The highest BCUT2D eigenvalue weighted by molar-refractivity contribution is 5.67. The van der Waals surface area contributed by atoms with Gasteiger partial charge in [-0.3, -0.25) is 4.90 Å². The van der Waals surface area contributed by atoms with Crippen LogP contribution in [-0.4, -0.2) is 31.2 Å². The van der Waals surface area contributed by atoms with Crippen molar-refractivity contribution in [3.63, 3.8) is 0 Å². The fraction of sp³-hybridized carbons (Fsp3) is 0.750. The number of nitriles is 1. The predicted molar refractivity (Wildman–Crippen MR) is 44.5 cm³/mol. The van der Waals surface area contributed by atoms with Gasteiger partial charge < -0.3 is 4.74 Å². The van der Waals surface area contributed by atoms with Gasteiger partial charge in [0.25, 0.3) is 0 Å². The van der Waals surface area contributed by atoms with Crippen LogP contribution in [0, 0.1) is 11.3 Å². The first-order valence-electron chi connectivity index (χ1n) is 3.96. The minimum atomic E-state index is -0.426. The second-order valence-electron chi connectivity index (χ2n) is 2.40. The molecule has 0 saturated carbocycles. The Labute approximate surface area is 72.7 Å². The number of carbonyl (C=O) groups excluding carboxylic acids is 1. The first kappa shape index (κ1) is 10.8. The lowest BCUT2D eigenvalue weighted by Crippen LogP contribution is -2.32. The van der Waals surface area contributed by atoms with Crippen molar-refractivity contribution in [3.8, 4) is 6.07 Å². The molecule has 0 radical (unpaired) electrons. The monoisotopic (exact) mass is 170 g/mol. The molecule has 0 unspecified atom stereocenters. The summed E-state index contributed by atoms with van der Waals surface area (Å²) in [4.78, 5) is 12.4. The highest BCUT2D eigenvalue weighted by Crippen LogP contribution is 1.96. The molecule has 0 aliphatic carbocycles. The smallest absolute Gasteiger partial charge is 0.410 e. The molecule has 4 heteroatoms. The van der Waals surface area contributed by atoms with Crippen LogP contribution in [-0.2, 0) is 4.74 Å². The summed E-state index contributed by atoms with van der Waals surface area (Å²) in [6, 6.07) is 1.92. The van der Waals surface area contributed by atoms with Gasteiger partial charge >= 0.3 is 6.09 Å². The number of ether oxygens (including phenoxy) is 1. The molecule has 0 aromatic rings. The highest BCUT2D eigenvalue weighted by atomic mass is 16.5. The zero-order valence-corrected chi connectivity index (χ0v) is 7.54. The van der Waals surface area contributed by atoms with Gasteiger partial charge in [0.1, 0.15) is 6.54 Å². The molecule has 0 saturated heterocycles. The van der Waals surface area contributed by atoms with Crippen LogP contribution in [0.2, 0.25) is 0 Å². The van der Waals surface area contributed by atoms with Crippen molar-refractivity contribution >= 4 is 6.09 Å².